The van der Waals surface area contributed by atoms with Gasteiger partial charge in [-0.15, -0.1) is 0 Å². The number of amides is 4. The third-order valence-corrected chi connectivity index (χ3v) is 7.40. The summed E-state index contributed by atoms with van der Waals surface area (Å²) in [5.74, 6) is -0.432. The Kier molecular flexibility index (Phi) is 12.9. The van der Waals surface area contributed by atoms with Gasteiger partial charge in [-0.2, -0.15) is 0 Å². The van der Waals surface area contributed by atoms with Gasteiger partial charge in [0, 0.05) is 25.8 Å². The molecule has 0 aliphatic carbocycles. The second kappa shape index (κ2) is 17.3. The second-order valence-electron chi connectivity index (χ2n) is 12.2. The first-order valence-corrected chi connectivity index (χ1v) is 15.9. The monoisotopic (exact) mass is 630 g/mol. The number of carbonyl (C=O) groups excluding carboxylic acids is 3. The van der Waals surface area contributed by atoms with Crippen LogP contribution in [-0.4, -0.2) is 72.9 Å². The molecule has 1 fully saturated rings. The number of pyridine rings is 1. The Morgan fingerprint density at radius 1 is 0.913 bits per heavy atom. The summed E-state index contributed by atoms with van der Waals surface area (Å²) >= 11 is 0. The number of para-hydroxylation sites is 2. The van der Waals surface area contributed by atoms with Crippen LogP contribution < -0.4 is 21.3 Å². The smallest absolute Gasteiger partial charge is 0.412 e. The first kappa shape index (κ1) is 34.4. The SMILES string of the molecule is CC(C)(C)OC(=O)Nc1ccccc1NC(=O)c1ccc(C(CCCCN2CCOCC2)NC(=O)NCCc2ccccc2)cn1. The molecule has 3 aromatic rings. The van der Waals surface area contributed by atoms with E-state index < -0.39 is 17.6 Å². The number of hydrogen-bond acceptors (Lipinski definition) is 7. The number of carbonyl (C=O) groups is 3. The second-order valence-corrected chi connectivity index (χ2v) is 12.2. The van der Waals surface area contributed by atoms with Gasteiger partial charge in [-0.1, -0.05) is 48.5 Å². The average Bonchev–Trinajstić information content (AvgIpc) is 3.03. The molecular weight excluding hydrogens is 584 g/mol. The Balaban J connectivity index is 1.37. The van der Waals surface area contributed by atoms with Crippen molar-refractivity contribution in [1.29, 1.82) is 0 Å². The summed E-state index contributed by atoms with van der Waals surface area (Å²) in [6, 6.07) is 19.8. The number of hydrogen-bond donors (Lipinski definition) is 4. The van der Waals surface area contributed by atoms with Crippen molar-refractivity contribution in [3.63, 3.8) is 0 Å². The van der Waals surface area contributed by atoms with Gasteiger partial charge >= 0.3 is 12.1 Å². The summed E-state index contributed by atoms with van der Waals surface area (Å²) < 4.78 is 10.8. The van der Waals surface area contributed by atoms with Crippen LogP contribution in [-0.2, 0) is 15.9 Å². The van der Waals surface area contributed by atoms with Gasteiger partial charge in [-0.3, -0.25) is 20.0 Å². The lowest BCUT2D eigenvalue weighted by atomic mass is 10.0. The van der Waals surface area contributed by atoms with Gasteiger partial charge in [0.25, 0.3) is 5.91 Å². The van der Waals surface area contributed by atoms with E-state index in [-0.39, 0.29) is 17.8 Å². The number of nitrogens with one attached hydrogen (secondary N) is 4. The van der Waals surface area contributed by atoms with Crippen LogP contribution in [0.5, 0.6) is 0 Å². The van der Waals surface area contributed by atoms with Crippen molar-refractivity contribution in [3.8, 4) is 0 Å². The number of urea groups is 1. The fraction of sp³-hybridized carbons (Fsp3) is 0.429. The van der Waals surface area contributed by atoms with E-state index in [2.05, 4.69) is 31.2 Å². The molecular formula is C35H46N6O5. The number of anilines is 2. The Labute approximate surface area is 271 Å². The molecule has 1 aliphatic heterocycles. The van der Waals surface area contributed by atoms with E-state index >= 15 is 0 Å². The zero-order valence-corrected chi connectivity index (χ0v) is 27.0. The van der Waals surface area contributed by atoms with Crippen LogP contribution in [0.1, 0.15) is 67.7 Å². The predicted molar refractivity (Wildman–Crippen MR) is 179 cm³/mol. The molecule has 1 saturated heterocycles. The number of aromatic nitrogens is 1. The highest BCUT2D eigenvalue weighted by molar-refractivity contribution is 6.05. The third-order valence-electron chi connectivity index (χ3n) is 7.40. The molecule has 0 radical (unpaired) electrons. The van der Waals surface area contributed by atoms with Crippen LogP contribution in [0.15, 0.2) is 72.9 Å². The Morgan fingerprint density at radius 3 is 2.28 bits per heavy atom. The summed E-state index contributed by atoms with van der Waals surface area (Å²) in [6.07, 6.45) is 4.39. The van der Waals surface area contributed by atoms with E-state index in [1.165, 1.54) is 0 Å². The first-order valence-electron chi connectivity index (χ1n) is 15.9. The van der Waals surface area contributed by atoms with E-state index in [4.69, 9.17) is 9.47 Å². The van der Waals surface area contributed by atoms with Crippen molar-refractivity contribution in [2.45, 2.75) is 58.1 Å². The van der Waals surface area contributed by atoms with Crippen LogP contribution in [0.2, 0.25) is 0 Å². The Morgan fingerprint density at radius 2 is 1.61 bits per heavy atom. The van der Waals surface area contributed by atoms with Gasteiger partial charge in [0.15, 0.2) is 0 Å². The highest BCUT2D eigenvalue weighted by atomic mass is 16.6. The van der Waals surface area contributed by atoms with Crippen LogP contribution in [0, 0.1) is 0 Å². The van der Waals surface area contributed by atoms with E-state index in [1.54, 1.807) is 57.3 Å². The Hall–Kier alpha value is -4.48. The standard InChI is InChI=1S/C35H46N6O5/c1-35(2,3)46-34(44)40-30-15-8-7-14-29(30)38-32(42)31-17-16-27(25-37-31)28(13-9-10-20-41-21-23-45-24-22-41)39-33(43)36-19-18-26-11-5-4-6-12-26/h4-8,11-12,14-17,25,28H,9-10,13,18-24H2,1-3H3,(H,38,42)(H,40,44)(H2,36,39,43). The molecule has 1 aliphatic rings. The topological polar surface area (TPSA) is 134 Å². The van der Waals surface area contributed by atoms with Gasteiger partial charge in [-0.25, -0.2) is 9.59 Å². The van der Waals surface area contributed by atoms with E-state index in [0.717, 1.165) is 69.7 Å². The first-order chi connectivity index (χ1) is 22.2. The molecule has 0 saturated carbocycles. The molecule has 1 unspecified atom stereocenters. The van der Waals surface area contributed by atoms with Crippen molar-refractivity contribution >= 4 is 29.4 Å². The summed E-state index contributed by atoms with van der Waals surface area (Å²) in [5, 5.41) is 11.6. The molecule has 46 heavy (non-hydrogen) atoms. The lowest BCUT2D eigenvalue weighted by Gasteiger charge is -2.26. The minimum absolute atomic E-state index is 0.203. The van der Waals surface area contributed by atoms with Crippen LogP contribution in [0.3, 0.4) is 0 Å². The molecule has 1 aromatic heterocycles. The van der Waals surface area contributed by atoms with Gasteiger partial charge in [0.2, 0.25) is 0 Å². The number of morpholine rings is 1. The molecule has 0 bridgehead atoms. The maximum absolute atomic E-state index is 13.1. The van der Waals surface area contributed by atoms with Crippen molar-refractivity contribution in [2.75, 3.05) is 50.0 Å². The maximum Gasteiger partial charge on any atom is 0.412 e. The summed E-state index contributed by atoms with van der Waals surface area (Å²) in [6.45, 7) is 10.3. The highest BCUT2D eigenvalue weighted by Crippen LogP contribution is 2.24. The van der Waals surface area contributed by atoms with Gasteiger partial charge in [0.1, 0.15) is 11.3 Å². The number of unbranched alkanes of at least 4 members (excludes halogenated alkanes) is 1. The Bertz CT molecular complexity index is 1400. The van der Waals surface area contributed by atoms with Crippen LogP contribution >= 0.6 is 0 Å². The minimum atomic E-state index is -0.660. The van der Waals surface area contributed by atoms with Crippen molar-refractivity contribution in [2.24, 2.45) is 0 Å². The van der Waals surface area contributed by atoms with Crippen LogP contribution in [0.25, 0.3) is 0 Å². The molecule has 4 rings (SSSR count). The summed E-state index contributed by atoms with van der Waals surface area (Å²) in [4.78, 5) is 45.2. The lowest BCUT2D eigenvalue weighted by molar-refractivity contribution is 0.0370. The molecule has 246 valence electrons. The van der Waals surface area contributed by atoms with E-state index in [9.17, 15) is 14.4 Å². The molecule has 11 nitrogen and oxygen atoms in total. The van der Waals surface area contributed by atoms with Crippen molar-refractivity contribution < 1.29 is 23.9 Å². The fourth-order valence-electron chi connectivity index (χ4n) is 5.05. The molecule has 0 spiro atoms. The zero-order chi connectivity index (χ0) is 32.8. The third kappa shape index (κ3) is 11.8. The number of benzene rings is 2. The zero-order valence-electron chi connectivity index (χ0n) is 27.0. The fourth-order valence-corrected chi connectivity index (χ4v) is 5.05. The molecule has 11 heteroatoms. The van der Waals surface area contributed by atoms with E-state index in [0.29, 0.717) is 17.9 Å². The molecule has 1 atom stereocenters. The van der Waals surface area contributed by atoms with Crippen molar-refractivity contribution in [3.05, 3.63) is 89.7 Å². The quantitative estimate of drug-likeness (QED) is 0.176. The van der Waals surface area contributed by atoms with Gasteiger partial charge in [0.05, 0.1) is 30.6 Å². The largest absolute Gasteiger partial charge is 0.444 e. The van der Waals surface area contributed by atoms with Crippen LogP contribution in [0.4, 0.5) is 21.0 Å². The maximum atomic E-state index is 13.1. The summed E-state index contributed by atoms with van der Waals surface area (Å²) in [7, 11) is 0. The average molecular weight is 631 g/mol. The summed E-state index contributed by atoms with van der Waals surface area (Å²) in [5.41, 5.74) is 2.33. The van der Waals surface area contributed by atoms with Gasteiger partial charge in [-0.05, 0) is 82.3 Å². The van der Waals surface area contributed by atoms with Crippen molar-refractivity contribution in [1.82, 2.24) is 20.5 Å². The molecule has 2 heterocycles. The predicted octanol–water partition coefficient (Wildman–Crippen LogP) is 5.77. The molecule has 4 N–H and O–H groups in total. The van der Waals surface area contributed by atoms with Gasteiger partial charge < -0.3 is 25.4 Å². The number of nitrogens with zero attached hydrogens (tertiary/aromatic N) is 2. The van der Waals surface area contributed by atoms with E-state index in [1.807, 2.05) is 36.4 Å². The highest BCUT2D eigenvalue weighted by Gasteiger charge is 2.20. The minimum Gasteiger partial charge on any atom is -0.444 e. The molecule has 2 aromatic carbocycles. The normalized spacial score (nSPS) is 14.2. The number of ether oxygens (including phenoxy) is 2. The number of rotatable bonds is 13. The lowest BCUT2D eigenvalue weighted by Crippen LogP contribution is -2.39. The molecule has 4 amide bonds.